The smallest absolute Gasteiger partial charge is 0.322 e. The number of benzene rings is 2. The van der Waals surface area contributed by atoms with Crippen molar-refractivity contribution in [3.63, 3.8) is 0 Å². The highest BCUT2D eigenvalue weighted by atomic mass is 16.5. The standard InChI is InChI=1S/C22H22N4O4/c1-14-5-3-4-6-15(14)11-19(27)23-22-25-24-21(30-22)16-12-20(28)26(13-16)17-7-9-18(29-2)10-8-17/h3-10,16H,11-13H2,1-2H3,(H,23,25,27). The van der Waals surface area contributed by atoms with Crippen LogP contribution >= 0.6 is 0 Å². The number of carbonyl (C=O) groups excluding carboxylic acids is 2. The van der Waals surface area contributed by atoms with Gasteiger partial charge in [0.15, 0.2) is 0 Å². The summed E-state index contributed by atoms with van der Waals surface area (Å²) in [6, 6.07) is 15.0. The molecule has 4 rings (SSSR count). The van der Waals surface area contributed by atoms with Crippen LogP contribution in [-0.2, 0) is 16.0 Å². The Morgan fingerprint density at radius 1 is 1.20 bits per heavy atom. The largest absolute Gasteiger partial charge is 0.497 e. The monoisotopic (exact) mass is 406 g/mol. The number of hydrogen-bond donors (Lipinski definition) is 1. The first kappa shape index (κ1) is 19.6. The summed E-state index contributed by atoms with van der Waals surface area (Å²) in [5.74, 6) is 0.583. The Hall–Kier alpha value is -3.68. The summed E-state index contributed by atoms with van der Waals surface area (Å²) in [7, 11) is 1.60. The van der Waals surface area contributed by atoms with Crippen LogP contribution in [0.1, 0.15) is 29.4 Å². The number of carbonyl (C=O) groups is 2. The van der Waals surface area contributed by atoms with E-state index in [0.717, 1.165) is 22.6 Å². The molecule has 1 aliphatic rings. The van der Waals surface area contributed by atoms with E-state index in [9.17, 15) is 9.59 Å². The third kappa shape index (κ3) is 4.17. The van der Waals surface area contributed by atoms with Gasteiger partial charge >= 0.3 is 6.01 Å². The van der Waals surface area contributed by atoms with Crippen molar-refractivity contribution in [2.45, 2.75) is 25.7 Å². The summed E-state index contributed by atoms with van der Waals surface area (Å²) < 4.78 is 10.8. The van der Waals surface area contributed by atoms with Gasteiger partial charge in [-0.05, 0) is 42.3 Å². The number of aromatic nitrogens is 2. The molecule has 8 nitrogen and oxygen atoms in total. The van der Waals surface area contributed by atoms with Gasteiger partial charge in [-0.25, -0.2) is 0 Å². The van der Waals surface area contributed by atoms with Crippen LogP contribution in [0.15, 0.2) is 52.9 Å². The molecule has 8 heteroatoms. The molecule has 3 aromatic rings. The predicted octanol–water partition coefficient (Wildman–Crippen LogP) is 3.09. The number of amides is 2. The van der Waals surface area contributed by atoms with E-state index in [4.69, 9.17) is 9.15 Å². The highest BCUT2D eigenvalue weighted by Gasteiger charge is 2.35. The van der Waals surface area contributed by atoms with Gasteiger partial charge in [-0.3, -0.25) is 14.9 Å². The molecule has 2 aromatic carbocycles. The van der Waals surface area contributed by atoms with Crippen LogP contribution in [0.2, 0.25) is 0 Å². The molecule has 0 saturated carbocycles. The SMILES string of the molecule is COc1ccc(N2CC(c3nnc(NC(=O)Cc4ccccc4C)o3)CC2=O)cc1. The molecule has 1 saturated heterocycles. The van der Waals surface area contributed by atoms with E-state index in [2.05, 4.69) is 15.5 Å². The van der Waals surface area contributed by atoms with E-state index in [1.165, 1.54) is 0 Å². The molecule has 0 bridgehead atoms. The van der Waals surface area contributed by atoms with E-state index in [1.54, 1.807) is 12.0 Å². The maximum absolute atomic E-state index is 12.5. The third-order valence-corrected chi connectivity index (χ3v) is 5.16. The number of hydrogen-bond acceptors (Lipinski definition) is 6. The second-order valence-electron chi connectivity index (χ2n) is 7.20. The van der Waals surface area contributed by atoms with Crippen LogP contribution in [0.4, 0.5) is 11.7 Å². The molecular weight excluding hydrogens is 384 g/mol. The quantitative estimate of drug-likeness (QED) is 0.676. The number of nitrogens with zero attached hydrogens (tertiary/aromatic N) is 3. The number of aryl methyl sites for hydroxylation is 1. The van der Waals surface area contributed by atoms with Crippen LogP contribution in [0.3, 0.4) is 0 Å². The maximum atomic E-state index is 12.5. The van der Waals surface area contributed by atoms with Crippen LogP contribution in [0.5, 0.6) is 5.75 Å². The lowest BCUT2D eigenvalue weighted by molar-refractivity contribution is -0.117. The minimum Gasteiger partial charge on any atom is -0.497 e. The van der Waals surface area contributed by atoms with Crippen molar-refractivity contribution < 1.29 is 18.7 Å². The van der Waals surface area contributed by atoms with Crippen LogP contribution in [0, 0.1) is 6.92 Å². The van der Waals surface area contributed by atoms with Gasteiger partial charge in [0, 0.05) is 18.7 Å². The fourth-order valence-corrected chi connectivity index (χ4v) is 3.48. The fourth-order valence-electron chi connectivity index (χ4n) is 3.48. The molecule has 2 amide bonds. The second kappa shape index (κ2) is 8.36. The zero-order valence-electron chi connectivity index (χ0n) is 16.8. The van der Waals surface area contributed by atoms with Crippen molar-refractivity contribution in [3.8, 4) is 5.75 Å². The van der Waals surface area contributed by atoms with Gasteiger partial charge in [0.2, 0.25) is 17.7 Å². The van der Waals surface area contributed by atoms with Gasteiger partial charge in [-0.2, -0.15) is 0 Å². The van der Waals surface area contributed by atoms with Crippen LogP contribution in [0.25, 0.3) is 0 Å². The first-order valence-electron chi connectivity index (χ1n) is 9.65. The first-order valence-corrected chi connectivity index (χ1v) is 9.65. The molecule has 30 heavy (non-hydrogen) atoms. The molecule has 0 aliphatic carbocycles. The zero-order chi connectivity index (χ0) is 21.1. The number of methoxy groups -OCH3 is 1. The zero-order valence-corrected chi connectivity index (χ0v) is 16.8. The van der Waals surface area contributed by atoms with Crippen molar-refractivity contribution in [3.05, 3.63) is 65.5 Å². The summed E-state index contributed by atoms with van der Waals surface area (Å²) in [6.07, 6.45) is 0.488. The lowest BCUT2D eigenvalue weighted by Crippen LogP contribution is -2.24. The normalized spacial score (nSPS) is 16.0. The van der Waals surface area contributed by atoms with Crippen molar-refractivity contribution in [2.75, 3.05) is 23.9 Å². The first-order chi connectivity index (χ1) is 14.5. The molecule has 154 valence electrons. The van der Waals surface area contributed by atoms with Crippen molar-refractivity contribution >= 4 is 23.5 Å². The molecule has 0 spiro atoms. The predicted molar refractivity (Wildman–Crippen MR) is 111 cm³/mol. The number of nitrogens with one attached hydrogen (secondary N) is 1. The fraction of sp³-hybridized carbons (Fsp3) is 0.273. The van der Waals surface area contributed by atoms with E-state index in [1.807, 2.05) is 55.5 Å². The summed E-state index contributed by atoms with van der Waals surface area (Å²) >= 11 is 0. The molecular formula is C22H22N4O4. The highest BCUT2D eigenvalue weighted by molar-refractivity contribution is 5.96. The Morgan fingerprint density at radius 3 is 2.70 bits per heavy atom. The summed E-state index contributed by atoms with van der Waals surface area (Å²) in [5, 5.41) is 10.6. The van der Waals surface area contributed by atoms with E-state index in [-0.39, 0.29) is 36.6 Å². The van der Waals surface area contributed by atoms with Gasteiger partial charge in [0.1, 0.15) is 5.75 Å². The highest BCUT2D eigenvalue weighted by Crippen LogP contribution is 2.32. The topological polar surface area (TPSA) is 97.6 Å². The second-order valence-corrected chi connectivity index (χ2v) is 7.20. The minimum absolute atomic E-state index is 0.0199. The van der Waals surface area contributed by atoms with E-state index in [0.29, 0.717) is 12.4 Å². The van der Waals surface area contributed by atoms with Crippen LogP contribution < -0.4 is 15.0 Å². The molecule has 0 radical (unpaired) electrons. The Bertz CT molecular complexity index is 1060. The summed E-state index contributed by atoms with van der Waals surface area (Å²) in [6.45, 7) is 2.39. The Balaban J connectivity index is 1.39. The molecule has 1 atom stereocenters. The van der Waals surface area contributed by atoms with Crippen molar-refractivity contribution in [2.24, 2.45) is 0 Å². The number of ether oxygens (including phenoxy) is 1. The maximum Gasteiger partial charge on any atom is 0.322 e. The Morgan fingerprint density at radius 2 is 1.97 bits per heavy atom. The lowest BCUT2D eigenvalue weighted by Gasteiger charge is -2.16. The Labute approximate surface area is 173 Å². The van der Waals surface area contributed by atoms with Gasteiger partial charge < -0.3 is 14.1 Å². The van der Waals surface area contributed by atoms with E-state index < -0.39 is 0 Å². The molecule has 2 heterocycles. The minimum atomic E-state index is -0.234. The van der Waals surface area contributed by atoms with Gasteiger partial charge in [-0.15, -0.1) is 5.10 Å². The average Bonchev–Trinajstić information content (AvgIpc) is 3.36. The molecule has 1 aromatic heterocycles. The molecule has 1 fully saturated rings. The molecule has 1 N–H and O–H groups in total. The molecule has 1 aliphatic heterocycles. The van der Waals surface area contributed by atoms with Crippen molar-refractivity contribution in [1.82, 2.24) is 10.2 Å². The third-order valence-electron chi connectivity index (χ3n) is 5.16. The lowest BCUT2D eigenvalue weighted by atomic mass is 10.1. The van der Waals surface area contributed by atoms with Gasteiger partial charge in [0.25, 0.3) is 0 Å². The number of anilines is 2. The summed E-state index contributed by atoms with van der Waals surface area (Å²) in [4.78, 5) is 26.4. The molecule has 1 unspecified atom stereocenters. The number of rotatable bonds is 6. The Kier molecular flexibility index (Phi) is 5.47. The van der Waals surface area contributed by atoms with Crippen LogP contribution in [-0.4, -0.2) is 35.7 Å². The van der Waals surface area contributed by atoms with E-state index >= 15 is 0 Å². The average molecular weight is 406 g/mol. The summed E-state index contributed by atoms with van der Waals surface area (Å²) in [5.41, 5.74) is 2.77. The van der Waals surface area contributed by atoms with Crippen molar-refractivity contribution in [1.29, 1.82) is 0 Å². The van der Waals surface area contributed by atoms with Gasteiger partial charge in [-0.1, -0.05) is 29.4 Å². The van der Waals surface area contributed by atoms with Gasteiger partial charge in [0.05, 0.1) is 19.4 Å².